The number of hydrogen-bond acceptors (Lipinski definition) is 1. The Balaban J connectivity index is 2.25. The molecule has 1 saturated carbocycles. The SMILES string of the molecule is CCN(C(=O)c1cc(I)ccc1Br)C1CCCC1. The Labute approximate surface area is 130 Å². The molecule has 0 spiro atoms. The van der Waals surface area contributed by atoms with E-state index in [2.05, 4.69) is 45.4 Å². The van der Waals surface area contributed by atoms with Crippen molar-refractivity contribution in [3.63, 3.8) is 0 Å². The molecular formula is C14H17BrINO. The lowest BCUT2D eigenvalue weighted by Gasteiger charge is -2.28. The van der Waals surface area contributed by atoms with Crippen LogP contribution in [0.3, 0.4) is 0 Å². The highest BCUT2D eigenvalue weighted by Gasteiger charge is 2.27. The molecule has 0 unspecified atom stereocenters. The van der Waals surface area contributed by atoms with Gasteiger partial charge in [0.2, 0.25) is 0 Å². The molecule has 0 aromatic heterocycles. The number of halogens is 2. The molecule has 0 radical (unpaired) electrons. The smallest absolute Gasteiger partial charge is 0.255 e. The summed E-state index contributed by atoms with van der Waals surface area (Å²) in [6.45, 7) is 2.86. The molecule has 98 valence electrons. The number of nitrogens with zero attached hydrogens (tertiary/aromatic N) is 1. The number of rotatable bonds is 3. The van der Waals surface area contributed by atoms with Crippen molar-refractivity contribution in [2.75, 3.05) is 6.54 Å². The molecule has 2 nitrogen and oxygen atoms in total. The molecule has 0 saturated heterocycles. The summed E-state index contributed by atoms with van der Waals surface area (Å²) in [7, 11) is 0. The van der Waals surface area contributed by atoms with Gasteiger partial charge in [0.25, 0.3) is 5.91 Å². The zero-order chi connectivity index (χ0) is 13.1. The van der Waals surface area contributed by atoms with E-state index in [0.717, 1.165) is 33.0 Å². The molecule has 1 aromatic carbocycles. The molecule has 0 bridgehead atoms. The Bertz CT molecular complexity index is 443. The predicted molar refractivity (Wildman–Crippen MR) is 85.8 cm³/mol. The minimum atomic E-state index is 0.162. The first-order valence-electron chi connectivity index (χ1n) is 6.39. The minimum Gasteiger partial charge on any atom is -0.336 e. The van der Waals surface area contributed by atoms with Gasteiger partial charge >= 0.3 is 0 Å². The molecule has 0 heterocycles. The molecule has 4 heteroatoms. The van der Waals surface area contributed by atoms with Crippen molar-refractivity contribution in [1.82, 2.24) is 4.90 Å². The quantitative estimate of drug-likeness (QED) is 0.660. The first-order chi connectivity index (χ1) is 8.63. The van der Waals surface area contributed by atoms with Crippen molar-refractivity contribution in [2.24, 2.45) is 0 Å². The van der Waals surface area contributed by atoms with Crippen LogP contribution in [0.4, 0.5) is 0 Å². The van der Waals surface area contributed by atoms with Gasteiger partial charge in [-0.25, -0.2) is 0 Å². The molecule has 1 aromatic rings. The van der Waals surface area contributed by atoms with Crippen LogP contribution in [0.1, 0.15) is 43.0 Å². The van der Waals surface area contributed by atoms with Gasteiger partial charge in [0.15, 0.2) is 0 Å². The van der Waals surface area contributed by atoms with Gasteiger partial charge in [0, 0.05) is 20.6 Å². The van der Waals surface area contributed by atoms with Crippen LogP contribution in [0.5, 0.6) is 0 Å². The molecule has 18 heavy (non-hydrogen) atoms. The summed E-state index contributed by atoms with van der Waals surface area (Å²) < 4.78 is 1.99. The highest BCUT2D eigenvalue weighted by molar-refractivity contribution is 14.1. The largest absolute Gasteiger partial charge is 0.336 e. The van der Waals surface area contributed by atoms with E-state index in [1.165, 1.54) is 12.8 Å². The van der Waals surface area contributed by atoms with Gasteiger partial charge in [0.1, 0.15) is 0 Å². The van der Waals surface area contributed by atoms with Crippen LogP contribution < -0.4 is 0 Å². The van der Waals surface area contributed by atoms with Gasteiger partial charge in [-0.2, -0.15) is 0 Å². The third kappa shape index (κ3) is 3.07. The van der Waals surface area contributed by atoms with Gasteiger partial charge in [-0.15, -0.1) is 0 Å². The first-order valence-corrected chi connectivity index (χ1v) is 8.26. The molecular weight excluding hydrogens is 405 g/mol. The van der Waals surface area contributed by atoms with Crippen molar-refractivity contribution >= 4 is 44.4 Å². The normalized spacial score (nSPS) is 15.9. The van der Waals surface area contributed by atoms with E-state index < -0.39 is 0 Å². The molecule has 0 N–H and O–H groups in total. The van der Waals surface area contributed by atoms with Crippen molar-refractivity contribution < 1.29 is 4.79 Å². The summed E-state index contributed by atoms with van der Waals surface area (Å²) in [5.41, 5.74) is 0.788. The predicted octanol–water partition coefficient (Wildman–Crippen LogP) is 4.46. The number of amides is 1. The van der Waals surface area contributed by atoms with E-state index in [1.807, 2.05) is 23.1 Å². The monoisotopic (exact) mass is 421 g/mol. The fourth-order valence-electron chi connectivity index (χ4n) is 2.60. The van der Waals surface area contributed by atoms with Gasteiger partial charge in [-0.3, -0.25) is 4.79 Å². The summed E-state index contributed by atoms with van der Waals surface area (Å²) in [5, 5.41) is 0. The zero-order valence-electron chi connectivity index (χ0n) is 10.5. The van der Waals surface area contributed by atoms with Crippen molar-refractivity contribution in [1.29, 1.82) is 0 Å². The molecule has 1 aliphatic rings. The fraction of sp³-hybridized carbons (Fsp3) is 0.500. The van der Waals surface area contributed by atoms with Gasteiger partial charge in [0.05, 0.1) is 5.56 Å². The number of hydrogen-bond donors (Lipinski definition) is 0. The standard InChI is InChI=1S/C14H17BrINO/c1-2-17(11-5-3-4-6-11)14(18)12-9-10(16)7-8-13(12)15/h7-9,11H,2-6H2,1H3. The second kappa shape index (κ2) is 6.37. The summed E-state index contributed by atoms with van der Waals surface area (Å²) in [6, 6.07) is 6.36. The molecule has 1 aliphatic carbocycles. The lowest BCUT2D eigenvalue weighted by Crippen LogP contribution is -2.38. The highest BCUT2D eigenvalue weighted by Crippen LogP contribution is 2.27. The molecule has 1 fully saturated rings. The third-order valence-corrected chi connectivity index (χ3v) is 4.89. The summed E-state index contributed by atoms with van der Waals surface area (Å²) in [5.74, 6) is 0.162. The van der Waals surface area contributed by atoms with Gasteiger partial charge in [-0.05, 0) is 76.5 Å². The average molecular weight is 422 g/mol. The third-order valence-electron chi connectivity index (χ3n) is 3.53. The summed E-state index contributed by atoms with van der Waals surface area (Å²) in [6.07, 6.45) is 4.81. The maximum Gasteiger partial charge on any atom is 0.255 e. The summed E-state index contributed by atoms with van der Waals surface area (Å²) in [4.78, 5) is 14.7. The Kier molecular flexibility index (Phi) is 5.06. The minimum absolute atomic E-state index is 0.162. The van der Waals surface area contributed by atoms with Crippen LogP contribution in [0.25, 0.3) is 0 Å². The van der Waals surface area contributed by atoms with E-state index in [9.17, 15) is 4.79 Å². The van der Waals surface area contributed by atoms with Crippen LogP contribution in [-0.4, -0.2) is 23.4 Å². The van der Waals surface area contributed by atoms with Crippen molar-refractivity contribution in [3.05, 3.63) is 31.8 Å². The molecule has 0 aliphatic heterocycles. The van der Waals surface area contributed by atoms with Crippen LogP contribution in [0, 0.1) is 3.57 Å². The van der Waals surface area contributed by atoms with E-state index >= 15 is 0 Å². The highest BCUT2D eigenvalue weighted by atomic mass is 127. The maximum atomic E-state index is 12.6. The van der Waals surface area contributed by atoms with Crippen molar-refractivity contribution in [3.8, 4) is 0 Å². The van der Waals surface area contributed by atoms with Crippen LogP contribution in [-0.2, 0) is 0 Å². The van der Waals surface area contributed by atoms with Gasteiger partial charge < -0.3 is 4.90 Å². The lowest BCUT2D eigenvalue weighted by atomic mass is 10.1. The number of benzene rings is 1. The number of carbonyl (C=O) groups is 1. The van der Waals surface area contributed by atoms with E-state index in [4.69, 9.17) is 0 Å². The van der Waals surface area contributed by atoms with Crippen molar-refractivity contribution in [2.45, 2.75) is 38.6 Å². The van der Waals surface area contributed by atoms with Crippen LogP contribution in [0.2, 0.25) is 0 Å². The zero-order valence-corrected chi connectivity index (χ0v) is 14.2. The number of carbonyl (C=O) groups excluding carboxylic acids is 1. The maximum absolute atomic E-state index is 12.6. The lowest BCUT2D eigenvalue weighted by molar-refractivity contribution is 0.0692. The molecule has 0 atom stereocenters. The fourth-order valence-corrected chi connectivity index (χ4v) is 3.51. The van der Waals surface area contributed by atoms with Crippen LogP contribution >= 0.6 is 38.5 Å². The Morgan fingerprint density at radius 2 is 2.11 bits per heavy atom. The topological polar surface area (TPSA) is 20.3 Å². The summed E-state index contributed by atoms with van der Waals surface area (Å²) >= 11 is 5.73. The Hall–Kier alpha value is -0.100. The van der Waals surface area contributed by atoms with E-state index in [0.29, 0.717) is 6.04 Å². The first kappa shape index (κ1) is 14.3. The Morgan fingerprint density at radius 1 is 1.44 bits per heavy atom. The van der Waals surface area contributed by atoms with Gasteiger partial charge in [-0.1, -0.05) is 12.8 Å². The average Bonchev–Trinajstić information content (AvgIpc) is 2.87. The molecule has 2 rings (SSSR count). The second-order valence-corrected chi connectivity index (χ2v) is 6.75. The molecule has 1 amide bonds. The Morgan fingerprint density at radius 3 is 2.72 bits per heavy atom. The van der Waals surface area contributed by atoms with Crippen LogP contribution in [0.15, 0.2) is 22.7 Å². The second-order valence-electron chi connectivity index (χ2n) is 4.65. The van der Waals surface area contributed by atoms with E-state index in [1.54, 1.807) is 0 Å². The van der Waals surface area contributed by atoms with E-state index in [-0.39, 0.29) is 5.91 Å².